The van der Waals surface area contributed by atoms with Gasteiger partial charge in [-0.25, -0.2) is 8.42 Å². The highest BCUT2D eigenvalue weighted by Crippen LogP contribution is 2.26. The highest BCUT2D eigenvalue weighted by Gasteiger charge is 2.35. The van der Waals surface area contributed by atoms with Crippen LogP contribution in [0, 0.1) is 0 Å². The van der Waals surface area contributed by atoms with E-state index in [4.69, 9.17) is 0 Å². The molecule has 1 aromatic carbocycles. The summed E-state index contributed by atoms with van der Waals surface area (Å²) in [5.74, 6) is 0. The number of nitrogens with one attached hydrogen (secondary N) is 1. The van der Waals surface area contributed by atoms with E-state index in [0.29, 0.717) is 24.0 Å². The van der Waals surface area contributed by atoms with Gasteiger partial charge in [0.15, 0.2) is 0 Å². The first kappa shape index (κ1) is 16.3. The molecule has 1 atom stereocenters. The first-order valence-corrected chi connectivity index (χ1v) is 10.4. The average Bonchev–Trinajstić information content (AvgIpc) is 3.06. The Labute approximate surface area is 137 Å². The molecule has 0 spiro atoms. The van der Waals surface area contributed by atoms with E-state index in [2.05, 4.69) is 10.2 Å². The summed E-state index contributed by atoms with van der Waals surface area (Å²) in [6, 6.07) is 7.60. The van der Waals surface area contributed by atoms with Crippen molar-refractivity contribution in [2.45, 2.75) is 22.3 Å². The van der Waals surface area contributed by atoms with Crippen LogP contribution in [0.5, 0.6) is 0 Å². The van der Waals surface area contributed by atoms with E-state index in [-0.39, 0.29) is 0 Å². The van der Waals surface area contributed by atoms with Crippen molar-refractivity contribution in [3.8, 4) is 0 Å². The van der Waals surface area contributed by atoms with Gasteiger partial charge in [0.1, 0.15) is 0 Å². The Kier molecular flexibility index (Phi) is 5.09. The maximum absolute atomic E-state index is 12.8. The largest absolute Gasteiger partial charge is 0.314 e. The van der Waals surface area contributed by atoms with Crippen molar-refractivity contribution in [1.29, 1.82) is 0 Å². The number of piperazine rings is 1. The third-order valence-corrected chi connectivity index (χ3v) is 7.06. The third kappa shape index (κ3) is 3.33. The normalized spacial score (nSPS) is 24.7. The van der Waals surface area contributed by atoms with Crippen molar-refractivity contribution in [2.75, 3.05) is 45.5 Å². The molecule has 2 saturated heterocycles. The maximum atomic E-state index is 12.8. The molecule has 2 aliphatic rings. The zero-order valence-electron chi connectivity index (χ0n) is 12.9. The maximum Gasteiger partial charge on any atom is 0.243 e. The lowest BCUT2D eigenvalue weighted by Crippen LogP contribution is -2.49. The molecular weight excluding hydrogens is 318 g/mol. The lowest BCUT2D eigenvalue weighted by atomic mass is 10.2. The van der Waals surface area contributed by atoms with Crippen LogP contribution in [-0.4, -0.2) is 69.2 Å². The molecule has 2 fully saturated rings. The van der Waals surface area contributed by atoms with Crippen LogP contribution in [0.4, 0.5) is 0 Å². The van der Waals surface area contributed by atoms with Crippen molar-refractivity contribution >= 4 is 21.8 Å². The first-order valence-electron chi connectivity index (χ1n) is 7.70. The molecule has 5 nitrogen and oxygen atoms in total. The molecule has 0 bridgehead atoms. The van der Waals surface area contributed by atoms with Gasteiger partial charge in [0.25, 0.3) is 0 Å². The van der Waals surface area contributed by atoms with Crippen LogP contribution in [0.15, 0.2) is 34.1 Å². The molecule has 0 radical (unpaired) electrons. The minimum Gasteiger partial charge on any atom is -0.314 e. The van der Waals surface area contributed by atoms with Gasteiger partial charge in [-0.2, -0.15) is 4.31 Å². The molecule has 122 valence electrons. The number of hydrogen-bond donors (Lipinski definition) is 1. The van der Waals surface area contributed by atoms with Crippen LogP contribution < -0.4 is 5.32 Å². The summed E-state index contributed by atoms with van der Waals surface area (Å²) in [6.45, 7) is 5.27. The number of sulfonamides is 1. The van der Waals surface area contributed by atoms with E-state index < -0.39 is 10.0 Å². The fraction of sp³-hybridized carbons (Fsp3) is 0.600. The van der Waals surface area contributed by atoms with Gasteiger partial charge < -0.3 is 5.32 Å². The van der Waals surface area contributed by atoms with Crippen LogP contribution in [0.3, 0.4) is 0 Å². The molecular formula is C15H23N3O2S2. The van der Waals surface area contributed by atoms with E-state index in [1.54, 1.807) is 28.2 Å². The first-order chi connectivity index (χ1) is 10.6. The summed E-state index contributed by atoms with van der Waals surface area (Å²) >= 11 is 1.57. The summed E-state index contributed by atoms with van der Waals surface area (Å²) in [6.07, 6.45) is 2.89. The van der Waals surface area contributed by atoms with Gasteiger partial charge in [-0.05, 0) is 30.9 Å². The Balaban J connectivity index is 1.73. The van der Waals surface area contributed by atoms with Crippen LogP contribution >= 0.6 is 11.8 Å². The minimum absolute atomic E-state index is 0.362. The monoisotopic (exact) mass is 341 g/mol. The summed E-state index contributed by atoms with van der Waals surface area (Å²) < 4.78 is 27.3. The van der Waals surface area contributed by atoms with Crippen LogP contribution in [0.1, 0.15) is 6.42 Å². The second kappa shape index (κ2) is 6.88. The summed E-state index contributed by atoms with van der Waals surface area (Å²) in [5, 5.41) is 3.34. The van der Waals surface area contributed by atoms with E-state index in [9.17, 15) is 8.42 Å². The van der Waals surface area contributed by atoms with Crippen molar-refractivity contribution in [3.63, 3.8) is 0 Å². The van der Waals surface area contributed by atoms with Gasteiger partial charge >= 0.3 is 0 Å². The summed E-state index contributed by atoms with van der Waals surface area (Å²) in [7, 11) is -3.37. The van der Waals surface area contributed by atoms with Crippen molar-refractivity contribution in [2.24, 2.45) is 0 Å². The third-order valence-electron chi connectivity index (χ3n) is 4.47. The number of thioether (sulfide) groups is 1. The molecule has 7 heteroatoms. The number of rotatable bonds is 4. The Morgan fingerprint density at radius 1 is 1.23 bits per heavy atom. The molecule has 2 heterocycles. The molecule has 0 saturated carbocycles. The van der Waals surface area contributed by atoms with E-state index >= 15 is 0 Å². The van der Waals surface area contributed by atoms with E-state index in [0.717, 1.165) is 37.5 Å². The predicted molar refractivity (Wildman–Crippen MR) is 89.8 cm³/mol. The Morgan fingerprint density at radius 2 is 2.00 bits per heavy atom. The lowest BCUT2D eigenvalue weighted by Gasteiger charge is -2.32. The van der Waals surface area contributed by atoms with Crippen LogP contribution in [-0.2, 0) is 10.0 Å². The van der Waals surface area contributed by atoms with Gasteiger partial charge in [0.05, 0.1) is 4.90 Å². The molecule has 1 N–H and O–H groups in total. The molecule has 1 unspecified atom stereocenters. The molecule has 22 heavy (non-hydrogen) atoms. The minimum atomic E-state index is -3.37. The van der Waals surface area contributed by atoms with Gasteiger partial charge in [-0.3, -0.25) is 4.90 Å². The second-order valence-electron chi connectivity index (χ2n) is 5.77. The zero-order chi connectivity index (χ0) is 15.6. The highest BCUT2D eigenvalue weighted by molar-refractivity contribution is 7.98. The van der Waals surface area contributed by atoms with Gasteiger partial charge in [-0.1, -0.05) is 6.07 Å². The number of benzene rings is 1. The summed E-state index contributed by atoms with van der Waals surface area (Å²) in [4.78, 5) is 3.82. The highest BCUT2D eigenvalue weighted by atomic mass is 32.2. The molecule has 0 aromatic heterocycles. The standard InChI is InChI=1S/C15H23N3O2S2/c1-21-14-3-2-4-15(11-14)22(19,20)18-8-5-13(12-18)17-9-6-16-7-10-17/h2-4,11,13,16H,5-10,12H2,1H3. The fourth-order valence-corrected chi connectivity index (χ4v) is 5.26. The fourth-order valence-electron chi connectivity index (χ4n) is 3.18. The Hall–Kier alpha value is -0.600. The average molecular weight is 342 g/mol. The molecule has 0 aliphatic carbocycles. The van der Waals surface area contributed by atoms with Gasteiger partial charge in [0.2, 0.25) is 10.0 Å². The number of nitrogens with zero attached hydrogens (tertiary/aromatic N) is 2. The molecule has 3 rings (SSSR count). The molecule has 0 amide bonds. The smallest absolute Gasteiger partial charge is 0.243 e. The zero-order valence-corrected chi connectivity index (χ0v) is 14.5. The SMILES string of the molecule is CSc1cccc(S(=O)(=O)N2CCC(N3CCNCC3)C2)c1. The van der Waals surface area contributed by atoms with Crippen molar-refractivity contribution in [1.82, 2.24) is 14.5 Å². The van der Waals surface area contributed by atoms with Crippen molar-refractivity contribution in [3.05, 3.63) is 24.3 Å². The van der Waals surface area contributed by atoms with Gasteiger partial charge in [0, 0.05) is 50.2 Å². The molecule has 1 aromatic rings. The second-order valence-corrected chi connectivity index (χ2v) is 8.59. The summed E-state index contributed by atoms with van der Waals surface area (Å²) in [5.41, 5.74) is 0. The van der Waals surface area contributed by atoms with Gasteiger partial charge in [-0.15, -0.1) is 11.8 Å². The van der Waals surface area contributed by atoms with E-state index in [1.165, 1.54) is 0 Å². The van der Waals surface area contributed by atoms with Crippen LogP contribution in [0.25, 0.3) is 0 Å². The quantitative estimate of drug-likeness (QED) is 0.831. The Bertz CT molecular complexity index is 615. The van der Waals surface area contributed by atoms with Crippen molar-refractivity contribution < 1.29 is 8.42 Å². The number of hydrogen-bond acceptors (Lipinski definition) is 5. The van der Waals surface area contributed by atoms with Crippen LogP contribution in [0.2, 0.25) is 0 Å². The topological polar surface area (TPSA) is 52.7 Å². The lowest BCUT2D eigenvalue weighted by molar-refractivity contribution is 0.179. The van der Waals surface area contributed by atoms with E-state index in [1.807, 2.05) is 18.4 Å². The Morgan fingerprint density at radius 3 is 2.73 bits per heavy atom. The predicted octanol–water partition coefficient (Wildman–Crippen LogP) is 1.08. The molecule has 2 aliphatic heterocycles.